The lowest BCUT2D eigenvalue weighted by molar-refractivity contribution is 0.416. The van der Waals surface area contributed by atoms with Crippen molar-refractivity contribution in [2.75, 3.05) is 13.7 Å². The van der Waals surface area contributed by atoms with Crippen LogP contribution in [0.2, 0.25) is 0 Å². The fourth-order valence-electron chi connectivity index (χ4n) is 3.62. The smallest absolute Gasteiger partial charge is 0.128 e. The summed E-state index contributed by atoms with van der Waals surface area (Å²) >= 11 is 0. The molecule has 128 valence electrons. The first-order valence-corrected chi connectivity index (χ1v) is 8.79. The van der Waals surface area contributed by atoms with Gasteiger partial charge in [0, 0.05) is 36.3 Å². The van der Waals surface area contributed by atoms with Crippen LogP contribution in [0.25, 0.3) is 11.3 Å². The molecule has 1 N–H and O–H groups in total. The summed E-state index contributed by atoms with van der Waals surface area (Å²) in [7, 11) is 1.72. The molecule has 1 aliphatic heterocycles. The van der Waals surface area contributed by atoms with E-state index in [-0.39, 0.29) is 6.04 Å². The van der Waals surface area contributed by atoms with E-state index in [2.05, 4.69) is 53.3 Å². The van der Waals surface area contributed by atoms with Crippen LogP contribution in [0.5, 0.6) is 5.75 Å². The van der Waals surface area contributed by atoms with Gasteiger partial charge in [-0.3, -0.25) is 4.68 Å². The van der Waals surface area contributed by atoms with Gasteiger partial charge in [-0.25, -0.2) is 0 Å². The molecule has 3 aromatic rings. The van der Waals surface area contributed by atoms with Crippen LogP contribution < -0.4 is 10.1 Å². The Balaban J connectivity index is 1.86. The van der Waals surface area contributed by atoms with Crippen molar-refractivity contribution in [3.05, 3.63) is 71.4 Å². The van der Waals surface area contributed by atoms with E-state index < -0.39 is 0 Å². The van der Waals surface area contributed by atoms with Crippen molar-refractivity contribution in [3.8, 4) is 17.0 Å². The summed E-state index contributed by atoms with van der Waals surface area (Å²) in [5, 5.41) is 8.53. The lowest BCUT2D eigenvalue weighted by atomic mass is 10.0. The highest BCUT2D eigenvalue weighted by Crippen LogP contribution is 2.35. The maximum Gasteiger partial charge on any atom is 0.128 e. The van der Waals surface area contributed by atoms with Gasteiger partial charge in [-0.2, -0.15) is 5.10 Å². The monoisotopic (exact) mass is 333 g/mol. The molecule has 0 bridgehead atoms. The Kier molecular flexibility index (Phi) is 4.28. The summed E-state index contributed by atoms with van der Waals surface area (Å²) in [4.78, 5) is 0. The first-order chi connectivity index (χ1) is 12.3. The van der Waals surface area contributed by atoms with Crippen molar-refractivity contribution in [2.24, 2.45) is 0 Å². The Morgan fingerprint density at radius 3 is 2.64 bits per heavy atom. The number of hydrogen-bond acceptors (Lipinski definition) is 3. The number of benzene rings is 2. The van der Waals surface area contributed by atoms with Crippen LogP contribution in [0.4, 0.5) is 0 Å². The normalized spacial score (nSPS) is 14.8. The van der Waals surface area contributed by atoms with E-state index in [0.717, 1.165) is 36.5 Å². The van der Waals surface area contributed by atoms with Gasteiger partial charge < -0.3 is 10.1 Å². The number of nitrogens with zero attached hydrogens (tertiary/aromatic N) is 2. The average molecular weight is 333 g/mol. The third-order valence-electron chi connectivity index (χ3n) is 4.97. The number of rotatable bonds is 4. The van der Waals surface area contributed by atoms with Crippen LogP contribution in [-0.4, -0.2) is 23.4 Å². The van der Waals surface area contributed by atoms with Crippen molar-refractivity contribution in [2.45, 2.75) is 25.9 Å². The predicted octanol–water partition coefficient (Wildman–Crippen LogP) is 3.81. The fourth-order valence-corrected chi connectivity index (χ4v) is 3.62. The summed E-state index contributed by atoms with van der Waals surface area (Å²) in [6, 6.07) is 18.9. The Morgan fingerprint density at radius 2 is 1.84 bits per heavy atom. The Bertz CT molecular complexity index is 870. The van der Waals surface area contributed by atoms with Crippen LogP contribution in [0.1, 0.15) is 29.8 Å². The van der Waals surface area contributed by atoms with Gasteiger partial charge in [0.05, 0.1) is 13.2 Å². The molecule has 1 unspecified atom stereocenters. The Morgan fingerprint density at radius 1 is 1.08 bits per heavy atom. The molecule has 0 saturated heterocycles. The second kappa shape index (κ2) is 6.73. The number of nitrogens with one attached hydrogen (secondary N) is 1. The van der Waals surface area contributed by atoms with Gasteiger partial charge in [-0.15, -0.1) is 0 Å². The first-order valence-electron chi connectivity index (χ1n) is 8.79. The van der Waals surface area contributed by atoms with Gasteiger partial charge in [-0.05, 0) is 24.6 Å². The zero-order valence-corrected chi connectivity index (χ0v) is 14.7. The molecule has 0 fully saturated rings. The summed E-state index contributed by atoms with van der Waals surface area (Å²) in [6.07, 6.45) is 0.995. The third-order valence-corrected chi connectivity index (χ3v) is 4.97. The zero-order chi connectivity index (χ0) is 17.2. The van der Waals surface area contributed by atoms with Crippen molar-refractivity contribution >= 4 is 0 Å². The Hall–Kier alpha value is -2.59. The van der Waals surface area contributed by atoms with Crippen molar-refractivity contribution in [3.63, 3.8) is 0 Å². The highest BCUT2D eigenvalue weighted by molar-refractivity contribution is 5.71. The van der Waals surface area contributed by atoms with Crippen LogP contribution in [-0.2, 0) is 13.0 Å². The molecule has 0 saturated carbocycles. The van der Waals surface area contributed by atoms with Crippen molar-refractivity contribution in [1.29, 1.82) is 0 Å². The van der Waals surface area contributed by atoms with E-state index in [4.69, 9.17) is 9.84 Å². The second-order valence-corrected chi connectivity index (χ2v) is 6.43. The quantitative estimate of drug-likeness (QED) is 0.789. The molecule has 0 spiro atoms. The predicted molar refractivity (Wildman–Crippen MR) is 99.9 cm³/mol. The second-order valence-electron chi connectivity index (χ2n) is 6.43. The zero-order valence-electron chi connectivity index (χ0n) is 14.7. The number of hydrogen-bond donors (Lipinski definition) is 1. The Labute approximate surface area is 148 Å². The van der Waals surface area contributed by atoms with Gasteiger partial charge in [0.2, 0.25) is 0 Å². The van der Waals surface area contributed by atoms with E-state index in [1.807, 2.05) is 18.2 Å². The molecule has 25 heavy (non-hydrogen) atoms. The highest BCUT2D eigenvalue weighted by atomic mass is 16.5. The molecule has 2 aromatic carbocycles. The summed E-state index contributed by atoms with van der Waals surface area (Å²) in [6.45, 7) is 4.06. The van der Waals surface area contributed by atoms with Crippen LogP contribution in [0.3, 0.4) is 0 Å². The maximum absolute atomic E-state index is 5.58. The topological polar surface area (TPSA) is 39.1 Å². The lowest BCUT2D eigenvalue weighted by Crippen LogP contribution is -2.25. The number of methoxy groups -OCH3 is 1. The van der Waals surface area contributed by atoms with Gasteiger partial charge in [-0.1, -0.05) is 42.5 Å². The molecule has 4 nitrogen and oxygen atoms in total. The molecule has 4 heteroatoms. The van der Waals surface area contributed by atoms with Crippen LogP contribution in [0.15, 0.2) is 54.6 Å². The number of aromatic nitrogens is 2. The SMILES string of the molecule is COc1ccccc1-c1nn(C(C)c2ccccc2)c2c1CNCC2. The summed E-state index contributed by atoms with van der Waals surface area (Å²) in [5.74, 6) is 0.868. The molecule has 4 rings (SSSR count). The molecule has 0 amide bonds. The molecule has 0 radical (unpaired) electrons. The minimum atomic E-state index is 0.205. The van der Waals surface area contributed by atoms with E-state index in [1.54, 1.807) is 7.11 Å². The van der Waals surface area contributed by atoms with E-state index >= 15 is 0 Å². The van der Waals surface area contributed by atoms with E-state index in [1.165, 1.54) is 16.8 Å². The van der Waals surface area contributed by atoms with Gasteiger partial charge in [0.15, 0.2) is 0 Å². The molecule has 2 heterocycles. The molecule has 1 atom stereocenters. The van der Waals surface area contributed by atoms with Gasteiger partial charge >= 0.3 is 0 Å². The van der Waals surface area contributed by atoms with E-state index in [9.17, 15) is 0 Å². The fraction of sp³-hybridized carbons (Fsp3) is 0.286. The van der Waals surface area contributed by atoms with Crippen molar-refractivity contribution < 1.29 is 4.74 Å². The first kappa shape index (κ1) is 15.9. The van der Waals surface area contributed by atoms with Crippen LogP contribution >= 0.6 is 0 Å². The molecular formula is C21H23N3O. The molecule has 0 aliphatic carbocycles. The number of fused-ring (bicyclic) bond motifs is 1. The average Bonchev–Trinajstić information content (AvgIpc) is 3.07. The van der Waals surface area contributed by atoms with Gasteiger partial charge in [0.25, 0.3) is 0 Å². The van der Waals surface area contributed by atoms with E-state index in [0.29, 0.717) is 0 Å². The van der Waals surface area contributed by atoms with Gasteiger partial charge in [0.1, 0.15) is 11.4 Å². The van der Waals surface area contributed by atoms with Crippen LogP contribution in [0, 0.1) is 0 Å². The summed E-state index contributed by atoms with van der Waals surface area (Å²) in [5.41, 5.74) is 5.99. The molecular weight excluding hydrogens is 310 g/mol. The molecule has 1 aromatic heterocycles. The number of ether oxygens (including phenoxy) is 1. The minimum Gasteiger partial charge on any atom is -0.496 e. The largest absolute Gasteiger partial charge is 0.496 e. The standard InChI is InChI=1S/C21H23N3O/c1-15(16-8-4-3-5-9-16)24-19-12-13-22-14-18(19)21(23-24)17-10-6-7-11-20(17)25-2/h3-11,15,22H,12-14H2,1-2H3. The highest BCUT2D eigenvalue weighted by Gasteiger charge is 2.25. The minimum absolute atomic E-state index is 0.205. The van der Waals surface area contributed by atoms with Crippen molar-refractivity contribution in [1.82, 2.24) is 15.1 Å². The molecule has 1 aliphatic rings. The lowest BCUT2D eigenvalue weighted by Gasteiger charge is -2.20. The number of para-hydroxylation sites is 1. The third kappa shape index (κ3) is 2.83. The maximum atomic E-state index is 5.58. The summed E-state index contributed by atoms with van der Waals surface area (Å²) < 4.78 is 7.78.